The lowest BCUT2D eigenvalue weighted by atomic mass is 10.1. The zero-order valence-electron chi connectivity index (χ0n) is 15.1. The first kappa shape index (κ1) is 18.5. The van der Waals surface area contributed by atoms with E-state index in [1.807, 2.05) is 45.9 Å². The fraction of sp³-hybridized carbons (Fsp3) is 0.300. The SMILES string of the molecule is Cc1cc(C)cc(OCC(=O)Nc2cccc(C(=O)NC(C)C)c2)c1. The van der Waals surface area contributed by atoms with Crippen LogP contribution >= 0.6 is 0 Å². The van der Waals surface area contributed by atoms with Gasteiger partial charge in [-0.2, -0.15) is 0 Å². The van der Waals surface area contributed by atoms with Gasteiger partial charge in [-0.15, -0.1) is 0 Å². The maximum absolute atomic E-state index is 12.1. The van der Waals surface area contributed by atoms with Crippen molar-refractivity contribution in [2.75, 3.05) is 11.9 Å². The van der Waals surface area contributed by atoms with Gasteiger partial charge in [0.1, 0.15) is 5.75 Å². The second kappa shape index (κ2) is 8.33. The van der Waals surface area contributed by atoms with Gasteiger partial charge in [-0.25, -0.2) is 0 Å². The minimum Gasteiger partial charge on any atom is -0.484 e. The Bertz CT molecular complexity index is 749. The number of carbonyl (C=O) groups excluding carboxylic acids is 2. The molecule has 2 N–H and O–H groups in total. The summed E-state index contributed by atoms with van der Waals surface area (Å²) < 4.78 is 5.54. The molecule has 5 heteroatoms. The molecule has 0 atom stereocenters. The summed E-state index contributed by atoms with van der Waals surface area (Å²) in [7, 11) is 0. The van der Waals surface area contributed by atoms with Gasteiger partial charge in [-0.3, -0.25) is 9.59 Å². The summed E-state index contributed by atoms with van der Waals surface area (Å²) in [5.41, 5.74) is 3.23. The van der Waals surface area contributed by atoms with E-state index in [0.29, 0.717) is 17.0 Å². The number of nitrogens with one attached hydrogen (secondary N) is 2. The van der Waals surface area contributed by atoms with Crippen molar-refractivity contribution in [2.45, 2.75) is 33.7 Å². The van der Waals surface area contributed by atoms with Crippen LogP contribution in [0.5, 0.6) is 5.75 Å². The zero-order chi connectivity index (χ0) is 18.4. The minimum atomic E-state index is -0.277. The second-order valence-corrected chi connectivity index (χ2v) is 6.37. The third-order valence-electron chi connectivity index (χ3n) is 3.39. The van der Waals surface area contributed by atoms with Crippen molar-refractivity contribution in [1.29, 1.82) is 0 Å². The van der Waals surface area contributed by atoms with Crippen LogP contribution in [0.25, 0.3) is 0 Å². The highest BCUT2D eigenvalue weighted by Crippen LogP contribution is 2.16. The van der Waals surface area contributed by atoms with Gasteiger partial charge in [-0.1, -0.05) is 12.1 Å². The average molecular weight is 340 g/mol. The van der Waals surface area contributed by atoms with E-state index >= 15 is 0 Å². The number of rotatable bonds is 6. The molecular weight excluding hydrogens is 316 g/mol. The molecule has 2 rings (SSSR count). The first-order valence-corrected chi connectivity index (χ1v) is 8.25. The van der Waals surface area contributed by atoms with E-state index in [1.54, 1.807) is 24.3 Å². The van der Waals surface area contributed by atoms with Crippen LogP contribution in [0.1, 0.15) is 35.3 Å². The van der Waals surface area contributed by atoms with E-state index in [4.69, 9.17) is 4.74 Å². The number of amides is 2. The van der Waals surface area contributed by atoms with E-state index in [2.05, 4.69) is 10.6 Å². The maximum Gasteiger partial charge on any atom is 0.262 e. The van der Waals surface area contributed by atoms with E-state index in [9.17, 15) is 9.59 Å². The Hall–Kier alpha value is -2.82. The van der Waals surface area contributed by atoms with Crippen LogP contribution in [0.3, 0.4) is 0 Å². The van der Waals surface area contributed by atoms with Gasteiger partial charge in [0.2, 0.25) is 0 Å². The third kappa shape index (κ3) is 5.95. The van der Waals surface area contributed by atoms with Crippen LogP contribution < -0.4 is 15.4 Å². The molecule has 5 nitrogen and oxygen atoms in total. The molecule has 0 heterocycles. The Kier molecular flexibility index (Phi) is 6.17. The quantitative estimate of drug-likeness (QED) is 0.846. The summed E-state index contributed by atoms with van der Waals surface area (Å²) in [4.78, 5) is 24.1. The highest BCUT2D eigenvalue weighted by Gasteiger charge is 2.09. The molecular formula is C20H24N2O3. The number of carbonyl (C=O) groups is 2. The number of hydrogen-bond donors (Lipinski definition) is 2. The monoisotopic (exact) mass is 340 g/mol. The molecule has 25 heavy (non-hydrogen) atoms. The summed E-state index contributed by atoms with van der Waals surface area (Å²) in [5.74, 6) is 0.218. The standard InChI is InChI=1S/C20H24N2O3/c1-13(2)21-20(24)16-6-5-7-17(11-16)22-19(23)12-25-18-9-14(3)8-15(4)10-18/h5-11,13H,12H2,1-4H3,(H,21,24)(H,22,23). The molecule has 0 aromatic heterocycles. The van der Waals surface area contributed by atoms with Gasteiger partial charge in [-0.05, 0) is 69.2 Å². The van der Waals surface area contributed by atoms with Gasteiger partial charge in [0, 0.05) is 17.3 Å². The molecule has 2 amide bonds. The topological polar surface area (TPSA) is 67.4 Å². The highest BCUT2D eigenvalue weighted by atomic mass is 16.5. The molecule has 0 spiro atoms. The Morgan fingerprint density at radius 1 is 1.04 bits per heavy atom. The van der Waals surface area contributed by atoms with E-state index in [0.717, 1.165) is 11.1 Å². The third-order valence-corrected chi connectivity index (χ3v) is 3.39. The first-order chi connectivity index (χ1) is 11.8. The highest BCUT2D eigenvalue weighted by molar-refractivity contribution is 5.97. The lowest BCUT2D eigenvalue weighted by Gasteiger charge is -2.11. The first-order valence-electron chi connectivity index (χ1n) is 8.25. The molecule has 0 bridgehead atoms. The minimum absolute atomic E-state index is 0.0527. The number of benzene rings is 2. The zero-order valence-corrected chi connectivity index (χ0v) is 15.1. The van der Waals surface area contributed by atoms with Crippen molar-refractivity contribution in [3.63, 3.8) is 0 Å². The fourth-order valence-corrected chi connectivity index (χ4v) is 2.45. The van der Waals surface area contributed by atoms with Crippen LogP contribution in [0.2, 0.25) is 0 Å². The largest absolute Gasteiger partial charge is 0.484 e. The van der Waals surface area contributed by atoms with Gasteiger partial charge >= 0.3 is 0 Å². The number of hydrogen-bond acceptors (Lipinski definition) is 3. The Balaban J connectivity index is 1.95. The Labute approximate surface area is 148 Å². The molecule has 0 unspecified atom stereocenters. The van der Waals surface area contributed by atoms with Crippen molar-refractivity contribution >= 4 is 17.5 Å². The van der Waals surface area contributed by atoms with Gasteiger partial charge < -0.3 is 15.4 Å². The van der Waals surface area contributed by atoms with Crippen molar-refractivity contribution in [1.82, 2.24) is 5.32 Å². The second-order valence-electron chi connectivity index (χ2n) is 6.37. The van der Waals surface area contributed by atoms with Crippen LogP contribution in [0.4, 0.5) is 5.69 Å². The Morgan fingerprint density at radius 2 is 1.72 bits per heavy atom. The lowest BCUT2D eigenvalue weighted by Crippen LogP contribution is -2.30. The molecule has 0 aliphatic rings. The van der Waals surface area contributed by atoms with E-state index in [-0.39, 0.29) is 24.5 Å². The van der Waals surface area contributed by atoms with Crippen LogP contribution in [0, 0.1) is 13.8 Å². The van der Waals surface area contributed by atoms with Crippen LogP contribution in [0.15, 0.2) is 42.5 Å². The summed E-state index contributed by atoms with van der Waals surface area (Å²) >= 11 is 0. The molecule has 2 aromatic carbocycles. The lowest BCUT2D eigenvalue weighted by molar-refractivity contribution is -0.118. The van der Waals surface area contributed by atoms with Gasteiger partial charge in [0.05, 0.1) is 0 Å². The van der Waals surface area contributed by atoms with E-state index in [1.165, 1.54) is 0 Å². The summed E-state index contributed by atoms with van der Waals surface area (Å²) in [6.07, 6.45) is 0. The molecule has 0 aliphatic heterocycles. The molecule has 0 saturated heterocycles. The summed E-state index contributed by atoms with van der Waals surface area (Å²) in [6.45, 7) is 7.66. The predicted molar refractivity (Wildman–Crippen MR) is 99.1 cm³/mol. The number of ether oxygens (including phenoxy) is 1. The van der Waals surface area contributed by atoms with Crippen LogP contribution in [-0.4, -0.2) is 24.5 Å². The average Bonchev–Trinajstić information content (AvgIpc) is 2.52. The fourth-order valence-electron chi connectivity index (χ4n) is 2.45. The molecule has 0 aliphatic carbocycles. The molecule has 0 saturated carbocycles. The van der Waals surface area contributed by atoms with Crippen LogP contribution in [-0.2, 0) is 4.79 Å². The smallest absolute Gasteiger partial charge is 0.262 e. The number of anilines is 1. The van der Waals surface area contributed by atoms with E-state index < -0.39 is 0 Å². The van der Waals surface area contributed by atoms with Crippen molar-refractivity contribution in [3.8, 4) is 5.75 Å². The molecule has 132 valence electrons. The normalized spacial score (nSPS) is 10.4. The summed E-state index contributed by atoms with van der Waals surface area (Å²) in [5, 5.41) is 5.57. The molecule has 2 aromatic rings. The van der Waals surface area contributed by atoms with Gasteiger partial charge in [0.15, 0.2) is 6.61 Å². The molecule has 0 radical (unpaired) electrons. The maximum atomic E-state index is 12.1. The Morgan fingerprint density at radius 3 is 2.36 bits per heavy atom. The van der Waals surface area contributed by atoms with Crippen molar-refractivity contribution < 1.29 is 14.3 Å². The van der Waals surface area contributed by atoms with Gasteiger partial charge in [0.25, 0.3) is 11.8 Å². The summed E-state index contributed by atoms with van der Waals surface area (Å²) in [6, 6.07) is 12.7. The predicted octanol–water partition coefficient (Wildman–Crippen LogP) is 3.46. The van der Waals surface area contributed by atoms with Crippen molar-refractivity contribution in [3.05, 3.63) is 59.2 Å². The molecule has 0 fully saturated rings. The number of aryl methyl sites for hydroxylation is 2. The van der Waals surface area contributed by atoms with Crippen molar-refractivity contribution in [2.24, 2.45) is 0 Å².